The lowest BCUT2D eigenvalue weighted by Crippen LogP contribution is -2.05. The Morgan fingerprint density at radius 3 is 2.74 bits per heavy atom. The first kappa shape index (κ1) is 15.2. The number of benzene rings is 1. The number of ether oxygens (including phenoxy) is 2. The summed E-state index contributed by atoms with van der Waals surface area (Å²) in [4.78, 5) is 21.3. The Labute approximate surface area is 137 Å². The number of hydrogen-bond donors (Lipinski definition) is 1. The molecule has 0 radical (unpaired) electrons. The second kappa shape index (κ2) is 6.62. The largest absolute Gasteiger partial charge is 0.497 e. The SMILES string of the molecule is CCOC(=O)c1csc2ncnc(Nc3ccc(OC)cc3)c12. The fourth-order valence-electron chi connectivity index (χ4n) is 2.14. The van der Waals surface area contributed by atoms with Crippen LogP contribution in [0.4, 0.5) is 11.5 Å². The molecule has 0 amide bonds. The van der Waals surface area contributed by atoms with Crippen molar-refractivity contribution in [1.82, 2.24) is 9.97 Å². The van der Waals surface area contributed by atoms with Crippen LogP contribution in [0.3, 0.4) is 0 Å². The molecule has 0 saturated heterocycles. The van der Waals surface area contributed by atoms with Gasteiger partial charge in [0.1, 0.15) is 22.7 Å². The Hall–Kier alpha value is -2.67. The van der Waals surface area contributed by atoms with Crippen molar-refractivity contribution in [2.75, 3.05) is 19.0 Å². The van der Waals surface area contributed by atoms with E-state index < -0.39 is 0 Å². The molecule has 7 heteroatoms. The lowest BCUT2D eigenvalue weighted by molar-refractivity contribution is 0.0529. The highest BCUT2D eigenvalue weighted by atomic mass is 32.1. The summed E-state index contributed by atoms with van der Waals surface area (Å²) in [5, 5.41) is 5.63. The predicted molar refractivity (Wildman–Crippen MR) is 89.6 cm³/mol. The van der Waals surface area contributed by atoms with Crippen molar-refractivity contribution in [1.29, 1.82) is 0 Å². The van der Waals surface area contributed by atoms with Gasteiger partial charge in [-0.15, -0.1) is 11.3 Å². The lowest BCUT2D eigenvalue weighted by Gasteiger charge is -2.08. The number of hydrogen-bond acceptors (Lipinski definition) is 7. The summed E-state index contributed by atoms with van der Waals surface area (Å²) in [6.07, 6.45) is 1.47. The average molecular weight is 329 g/mol. The van der Waals surface area contributed by atoms with E-state index in [9.17, 15) is 4.79 Å². The smallest absolute Gasteiger partial charge is 0.339 e. The summed E-state index contributed by atoms with van der Waals surface area (Å²) in [6.45, 7) is 2.10. The zero-order valence-corrected chi connectivity index (χ0v) is 13.5. The summed E-state index contributed by atoms with van der Waals surface area (Å²) in [7, 11) is 1.62. The van der Waals surface area contributed by atoms with E-state index >= 15 is 0 Å². The van der Waals surface area contributed by atoms with Crippen LogP contribution in [0, 0.1) is 0 Å². The molecule has 0 bridgehead atoms. The van der Waals surface area contributed by atoms with Crippen molar-refractivity contribution in [3.05, 3.63) is 41.5 Å². The quantitative estimate of drug-likeness (QED) is 0.721. The molecule has 1 aromatic carbocycles. The van der Waals surface area contributed by atoms with Gasteiger partial charge in [-0.25, -0.2) is 14.8 Å². The third-order valence-corrected chi connectivity index (χ3v) is 4.10. The summed E-state index contributed by atoms with van der Waals surface area (Å²) >= 11 is 1.39. The Balaban J connectivity index is 1.99. The van der Waals surface area contributed by atoms with E-state index in [0.29, 0.717) is 23.4 Å². The second-order valence-electron chi connectivity index (χ2n) is 4.63. The molecule has 0 spiro atoms. The zero-order chi connectivity index (χ0) is 16.2. The molecule has 6 nitrogen and oxygen atoms in total. The van der Waals surface area contributed by atoms with Crippen molar-refractivity contribution in [3.8, 4) is 5.75 Å². The molecule has 0 saturated carbocycles. The fourth-order valence-corrected chi connectivity index (χ4v) is 3.02. The molecule has 3 rings (SSSR count). The number of rotatable bonds is 5. The van der Waals surface area contributed by atoms with E-state index in [0.717, 1.165) is 16.3 Å². The Bertz CT molecular complexity index is 830. The van der Waals surface area contributed by atoms with Crippen LogP contribution in [0.5, 0.6) is 5.75 Å². The molecule has 1 N–H and O–H groups in total. The number of nitrogens with one attached hydrogen (secondary N) is 1. The normalized spacial score (nSPS) is 10.5. The molecule has 0 aliphatic carbocycles. The summed E-state index contributed by atoms with van der Waals surface area (Å²) in [6, 6.07) is 7.45. The highest BCUT2D eigenvalue weighted by Gasteiger charge is 2.18. The zero-order valence-electron chi connectivity index (χ0n) is 12.7. The second-order valence-corrected chi connectivity index (χ2v) is 5.48. The standard InChI is InChI=1S/C16H15N3O3S/c1-3-22-16(20)12-8-23-15-13(12)14(17-9-18-15)19-10-4-6-11(21-2)7-5-10/h4-9H,3H2,1-2H3,(H,17,18,19). The molecule has 0 aliphatic heterocycles. The summed E-state index contributed by atoms with van der Waals surface area (Å²) < 4.78 is 10.2. The maximum absolute atomic E-state index is 12.1. The van der Waals surface area contributed by atoms with Crippen LogP contribution in [0.2, 0.25) is 0 Å². The predicted octanol–water partition coefficient (Wildman–Crippen LogP) is 3.62. The van der Waals surface area contributed by atoms with Gasteiger partial charge in [0.05, 0.1) is 24.7 Å². The van der Waals surface area contributed by atoms with Gasteiger partial charge < -0.3 is 14.8 Å². The van der Waals surface area contributed by atoms with Gasteiger partial charge in [-0.1, -0.05) is 0 Å². The van der Waals surface area contributed by atoms with E-state index in [1.54, 1.807) is 19.4 Å². The number of aromatic nitrogens is 2. The Kier molecular flexibility index (Phi) is 4.38. The van der Waals surface area contributed by atoms with Crippen LogP contribution in [-0.2, 0) is 4.74 Å². The first-order chi connectivity index (χ1) is 11.2. The van der Waals surface area contributed by atoms with Gasteiger partial charge in [-0.3, -0.25) is 0 Å². The molecule has 3 aromatic rings. The minimum atomic E-state index is -0.369. The van der Waals surface area contributed by atoms with Gasteiger partial charge in [0.15, 0.2) is 0 Å². The van der Waals surface area contributed by atoms with Crippen molar-refractivity contribution < 1.29 is 14.3 Å². The van der Waals surface area contributed by atoms with E-state index in [2.05, 4.69) is 15.3 Å². The fraction of sp³-hybridized carbons (Fsp3) is 0.188. The minimum Gasteiger partial charge on any atom is -0.497 e. The number of carbonyl (C=O) groups is 1. The molecule has 0 fully saturated rings. The van der Waals surface area contributed by atoms with Crippen LogP contribution >= 0.6 is 11.3 Å². The molecular weight excluding hydrogens is 314 g/mol. The molecule has 0 unspecified atom stereocenters. The summed E-state index contributed by atoms with van der Waals surface area (Å²) in [5.41, 5.74) is 1.32. The Morgan fingerprint density at radius 2 is 2.04 bits per heavy atom. The number of thiophene rings is 1. The first-order valence-electron chi connectivity index (χ1n) is 7.03. The molecular formula is C16H15N3O3S. The minimum absolute atomic E-state index is 0.325. The van der Waals surface area contributed by atoms with Crippen LogP contribution in [-0.4, -0.2) is 29.7 Å². The van der Waals surface area contributed by atoms with E-state index in [-0.39, 0.29) is 5.97 Å². The van der Waals surface area contributed by atoms with Gasteiger partial charge >= 0.3 is 5.97 Å². The van der Waals surface area contributed by atoms with Crippen molar-refractivity contribution in [2.24, 2.45) is 0 Å². The van der Waals surface area contributed by atoms with Crippen LogP contribution in [0.1, 0.15) is 17.3 Å². The topological polar surface area (TPSA) is 73.3 Å². The molecule has 0 atom stereocenters. The van der Waals surface area contributed by atoms with Crippen molar-refractivity contribution >= 4 is 39.0 Å². The van der Waals surface area contributed by atoms with E-state index in [4.69, 9.17) is 9.47 Å². The lowest BCUT2D eigenvalue weighted by atomic mass is 10.2. The maximum Gasteiger partial charge on any atom is 0.339 e. The number of methoxy groups -OCH3 is 1. The van der Waals surface area contributed by atoms with Crippen molar-refractivity contribution in [3.63, 3.8) is 0 Å². The highest BCUT2D eigenvalue weighted by molar-refractivity contribution is 7.17. The maximum atomic E-state index is 12.1. The van der Waals surface area contributed by atoms with Crippen LogP contribution in [0.25, 0.3) is 10.2 Å². The number of fused-ring (bicyclic) bond motifs is 1. The Morgan fingerprint density at radius 1 is 1.26 bits per heavy atom. The van der Waals surface area contributed by atoms with Crippen molar-refractivity contribution in [2.45, 2.75) is 6.92 Å². The highest BCUT2D eigenvalue weighted by Crippen LogP contribution is 2.31. The molecule has 2 aromatic heterocycles. The summed E-state index contributed by atoms with van der Waals surface area (Å²) in [5.74, 6) is 0.974. The number of nitrogens with zero attached hydrogens (tertiary/aromatic N) is 2. The first-order valence-corrected chi connectivity index (χ1v) is 7.91. The average Bonchev–Trinajstić information content (AvgIpc) is 3.01. The van der Waals surface area contributed by atoms with Gasteiger partial charge in [0.2, 0.25) is 0 Å². The van der Waals surface area contributed by atoms with Gasteiger partial charge in [0.25, 0.3) is 0 Å². The van der Waals surface area contributed by atoms with Gasteiger partial charge in [-0.05, 0) is 31.2 Å². The molecule has 2 heterocycles. The van der Waals surface area contributed by atoms with Crippen LogP contribution in [0.15, 0.2) is 36.0 Å². The van der Waals surface area contributed by atoms with Gasteiger partial charge in [-0.2, -0.15) is 0 Å². The third kappa shape index (κ3) is 3.09. The van der Waals surface area contributed by atoms with Gasteiger partial charge in [0, 0.05) is 11.1 Å². The molecule has 118 valence electrons. The number of esters is 1. The van der Waals surface area contributed by atoms with Crippen LogP contribution < -0.4 is 10.1 Å². The third-order valence-electron chi connectivity index (χ3n) is 3.22. The number of carbonyl (C=O) groups excluding carboxylic acids is 1. The monoisotopic (exact) mass is 329 g/mol. The van der Waals surface area contributed by atoms with E-state index in [1.165, 1.54) is 17.7 Å². The van der Waals surface area contributed by atoms with E-state index in [1.807, 2.05) is 24.3 Å². The number of anilines is 2. The molecule has 23 heavy (non-hydrogen) atoms. The molecule has 0 aliphatic rings.